The number of nitrogens with zero attached hydrogens (tertiary/aromatic N) is 2. The molecule has 0 aromatic carbocycles. The number of carbonyl (C=O) groups is 1. The summed E-state index contributed by atoms with van der Waals surface area (Å²) in [7, 11) is 0. The van der Waals surface area contributed by atoms with E-state index in [0.29, 0.717) is 5.25 Å². The van der Waals surface area contributed by atoms with Gasteiger partial charge < -0.3 is 9.32 Å². The topological polar surface area (TPSA) is 46.3 Å². The van der Waals surface area contributed by atoms with Gasteiger partial charge in [-0.1, -0.05) is 0 Å². The van der Waals surface area contributed by atoms with Gasteiger partial charge in [-0.05, 0) is 25.5 Å². The summed E-state index contributed by atoms with van der Waals surface area (Å²) in [5, 5.41) is 0.352. The molecule has 2 aromatic rings. The van der Waals surface area contributed by atoms with E-state index in [1.807, 2.05) is 35.7 Å². The quantitative estimate of drug-likeness (QED) is 0.853. The lowest BCUT2D eigenvalue weighted by molar-refractivity contribution is 0.0770. The molecule has 1 aliphatic rings. The van der Waals surface area contributed by atoms with E-state index >= 15 is 0 Å². The maximum absolute atomic E-state index is 12.5. The third-order valence-electron chi connectivity index (χ3n) is 3.43. The summed E-state index contributed by atoms with van der Waals surface area (Å²) >= 11 is 3.29. The van der Waals surface area contributed by atoms with Crippen LogP contribution in [-0.2, 0) is 0 Å². The Morgan fingerprint density at radius 1 is 1.50 bits per heavy atom. The summed E-state index contributed by atoms with van der Waals surface area (Å²) in [5.74, 6) is 2.07. The van der Waals surface area contributed by atoms with Gasteiger partial charge in [0.05, 0.1) is 22.7 Å². The van der Waals surface area contributed by atoms with E-state index in [4.69, 9.17) is 4.42 Å². The molecule has 0 N–H and O–H groups in total. The number of furan rings is 1. The molecule has 0 radical (unpaired) electrons. The van der Waals surface area contributed by atoms with Crippen LogP contribution >= 0.6 is 23.1 Å². The Hall–Kier alpha value is -1.27. The summed E-state index contributed by atoms with van der Waals surface area (Å²) in [6.45, 7) is 3.45. The van der Waals surface area contributed by atoms with Crippen molar-refractivity contribution in [3.05, 3.63) is 40.2 Å². The number of hydrogen-bond donors (Lipinski definition) is 0. The van der Waals surface area contributed by atoms with Crippen molar-refractivity contribution in [1.82, 2.24) is 9.88 Å². The minimum atomic E-state index is 0.116. The minimum Gasteiger partial charge on any atom is -0.468 e. The number of aryl methyl sites for hydroxylation is 1. The van der Waals surface area contributed by atoms with E-state index in [0.717, 1.165) is 41.6 Å². The van der Waals surface area contributed by atoms with Crippen molar-refractivity contribution in [2.24, 2.45) is 0 Å². The van der Waals surface area contributed by atoms with Crippen LogP contribution < -0.4 is 0 Å². The highest BCUT2D eigenvalue weighted by atomic mass is 32.2. The smallest absolute Gasteiger partial charge is 0.265 e. The van der Waals surface area contributed by atoms with Gasteiger partial charge in [0.1, 0.15) is 10.6 Å². The molecule has 1 atom stereocenters. The zero-order chi connectivity index (χ0) is 13.9. The van der Waals surface area contributed by atoms with Crippen LogP contribution in [0.5, 0.6) is 0 Å². The minimum absolute atomic E-state index is 0.116. The number of amides is 1. The van der Waals surface area contributed by atoms with Gasteiger partial charge in [-0.25, -0.2) is 4.98 Å². The molecule has 1 saturated heterocycles. The summed E-state index contributed by atoms with van der Waals surface area (Å²) in [5.41, 5.74) is 2.57. The first-order valence-electron chi connectivity index (χ1n) is 6.60. The molecule has 0 saturated carbocycles. The molecule has 106 valence electrons. The van der Waals surface area contributed by atoms with Crippen molar-refractivity contribution in [3.8, 4) is 0 Å². The normalized spacial score (nSPS) is 19.9. The number of aromatic nitrogens is 1. The molecular weight excluding hydrogens is 292 g/mol. The van der Waals surface area contributed by atoms with Crippen LogP contribution in [0.3, 0.4) is 0 Å². The van der Waals surface area contributed by atoms with Gasteiger partial charge >= 0.3 is 0 Å². The standard InChI is InChI=1S/C14H16N2O2S2/c1-10-13(20-9-15-10)14(17)16-5-4-12(19-8-6-16)11-3-2-7-18-11/h2-3,7,9,12H,4-6,8H2,1H3/t12-/m0/s1. The maximum Gasteiger partial charge on any atom is 0.265 e. The van der Waals surface area contributed by atoms with E-state index in [2.05, 4.69) is 4.98 Å². The van der Waals surface area contributed by atoms with Crippen molar-refractivity contribution in [1.29, 1.82) is 0 Å². The van der Waals surface area contributed by atoms with Gasteiger partial charge in [0.25, 0.3) is 5.91 Å². The van der Waals surface area contributed by atoms with E-state index in [-0.39, 0.29) is 5.91 Å². The Bertz CT molecular complexity index is 580. The zero-order valence-corrected chi connectivity index (χ0v) is 12.9. The molecule has 0 spiro atoms. The second-order valence-corrected chi connectivity index (χ2v) is 6.89. The van der Waals surface area contributed by atoms with Gasteiger partial charge in [0, 0.05) is 18.8 Å². The number of carbonyl (C=O) groups excluding carboxylic acids is 1. The molecular formula is C14H16N2O2S2. The van der Waals surface area contributed by atoms with Crippen molar-refractivity contribution >= 4 is 29.0 Å². The van der Waals surface area contributed by atoms with E-state index in [1.165, 1.54) is 11.3 Å². The van der Waals surface area contributed by atoms with Gasteiger partial charge in [-0.2, -0.15) is 0 Å². The highest BCUT2D eigenvalue weighted by molar-refractivity contribution is 7.99. The molecule has 6 heteroatoms. The van der Waals surface area contributed by atoms with Crippen molar-refractivity contribution in [2.75, 3.05) is 18.8 Å². The SMILES string of the molecule is Cc1ncsc1C(=O)N1CCS[C@H](c2ccco2)CC1. The molecule has 0 unspecified atom stereocenters. The highest BCUT2D eigenvalue weighted by Gasteiger charge is 2.25. The Balaban J connectivity index is 1.68. The number of thioether (sulfide) groups is 1. The predicted octanol–water partition coefficient (Wildman–Crippen LogP) is 3.36. The highest BCUT2D eigenvalue weighted by Crippen LogP contribution is 2.34. The first kappa shape index (κ1) is 13.7. The van der Waals surface area contributed by atoms with Crippen molar-refractivity contribution in [3.63, 3.8) is 0 Å². The molecule has 4 nitrogen and oxygen atoms in total. The second kappa shape index (κ2) is 6.01. The number of thiazole rings is 1. The van der Waals surface area contributed by atoms with E-state index in [9.17, 15) is 4.79 Å². The van der Waals surface area contributed by atoms with Crippen LogP contribution in [0.4, 0.5) is 0 Å². The fourth-order valence-corrected chi connectivity index (χ4v) is 4.28. The van der Waals surface area contributed by atoms with Gasteiger partial charge in [0.2, 0.25) is 0 Å². The molecule has 1 amide bonds. The average molecular weight is 308 g/mol. The third-order valence-corrected chi connectivity index (χ3v) is 5.63. The van der Waals surface area contributed by atoms with Crippen LogP contribution in [0.25, 0.3) is 0 Å². The van der Waals surface area contributed by atoms with E-state index < -0.39 is 0 Å². The Labute approximate surface area is 126 Å². The van der Waals surface area contributed by atoms with Gasteiger partial charge in [-0.15, -0.1) is 23.1 Å². The van der Waals surface area contributed by atoms with Crippen LogP contribution in [0.15, 0.2) is 28.3 Å². The van der Waals surface area contributed by atoms with Crippen LogP contribution in [0.2, 0.25) is 0 Å². The summed E-state index contributed by atoms with van der Waals surface area (Å²) in [6, 6.07) is 3.94. The number of hydrogen-bond acceptors (Lipinski definition) is 5. The molecule has 3 heterocycles. The largest absolute Gasteiger partial charge is 0.468 e. The molecule has 0 bridgehead atoms. The van der Waals surface area contributed by atoms with Crippen LogP contribution in [0, 0.1) is 6.92 Å². The van der Waals surface area contributed by atoms with Crippen LogP contribution in [-0.4, -0.2) is 34.6 Å². The molecule has 3 rings (SSSR count). The third kappa shape index (κ3) is 2.76. The fourth-order valence-electron chi connectivity index (χ4n) is 2.33. The maximum atomic E-state index is 12.5. The Kier molecular flexibility index (Phi) is 4.12. The second-order valence-electron chi connectivity index (χ2n) is 4.72. The van der Waals surface area contributed by atoms with E-state index in [1.54, 1.807) is 11.8 Å². The zero-order valence-electron chi connectivity index (χ0n) is 11.2. The molecule has 2 aromatic heterocycles. The Morgan fingerprint density at radius 2 is 2.40 bits per heavy atom. The fraction of sp³-hybridized carbons (Fsp3) is 0.429. The Morgan fingerprint density at radius 3 is 3.10 bits per heavy atom. The van der Waals surface area contributed by atoms with Gasteiger partial charge in [-0.3, -0.25) is 4.79 Å². The molecule has 0 aliphatic carbocycles. The lowest BCUT2D eigenvalue weighted by Crippen LogP contribution is -2.32. The van der Waals surface area contributed by atoms with Crippen molar-refractivity contribution < 1.29 is 9.21 Å². The molecule has 1 fully saturated rings. The summed E-state index contributed by atoms with van der Waals surface area (Å²) < 4.78 is 5.48. The lowest BCUT2D eigenvalue weighted by atomic mass is 10.2. The lowest BCUT2D eigenvalue weighted by Gasteiger charge is -2.19. The van der Waals surface area contributed by atoms with Crippen LogP contribution in [0.1, 0.15) is 32.8 Å². The monoisotopic (exact) mass is 308 g/mol. The van der Waals surface area contributed by atoms with Crippen molar-refractivity contribution in [2.45, 2.75) is 18.6 Å². The van der Waals surface area contributed by atoms with Gasteiger partial charge in [0.15, 0.2) is 0 Å². The molecule has 1 aliphatic heterocycles. The summed E-state index contributed by atoms with van der Waals surface area (Å²) in [6.07, 6.45) is 2.64. The average Bonchev–Trinajstić information content (AvgIpc) is 3.05. The predicted molar refractivity (Wildman–Crippen MR) is 81.3 cm³/mol. The first-order chi connectivity index (χ1) is 9.75. The summed E-state index contributed by atoms with van der Waals surface area (Å²) in [4.78, 5) is 19.4. The number of rotatable bonds is 2. The first-order valence-corrected chi connectivity index (χ1v) is 8.53. The molecule has 20 heavy (non-hydrogen) atoms.